The summed E-state index contributed by atoms with van der Waals surface area (Å²) in [6, 6.07) is 6.94. The summed E-state index contributed by atoms with van der Waals surface area (Å²) in [6.07, 6.45) is 8.04. The molecule has 2 aliphatic heterocycles. The van der Waals surface area contributed by atoms with Crippen molar-refractivity contribution in [2.24, 2.45) is 0 Å². The van der Waals surface area contributed by atoms with Gasteiger partial charge in [0, 0.05) is 48.7 Å². The molecular formula is C18H23N3S2. The SMILES string of the molecule is CSc1ccc2c(c1)CCN(Cc1cnc(N3CCCC3)s1)C2. The highest BCUT2D eigenvalue weighted by Gasteiger charge is 2.19. The van der Waals surface area contributed by atoms with E-state index in [0.717, 1.165) is 19.6 Å². The summed E-state index contributed by atoms with van der Waals surface area (Å²) in [5.74, 6) is 0. The third kappa shape index (κ3) is 3.42. The van der Waals surface area contributed by atoms with Crippen LogP contribution in [0.25, 0.3) is 0 Å². The van der Waals surface area contributed by atoms with E-state index in [1.54, 1.807) is 0 Å². The molecular weight excluding hydrogens is 322 g/mol. The van der Waals surface area contributed by atoms with Gasteiger partial charge in [0.25, 0.3) is 0 Å². The van der Waals surface area contributed by atoms with Crippen molar-refractivity contribution in [3.63, 3.8) is 0 Å². The van der Waals surface area contributed by atoms with Crippen LogP contribution in [0.3, 0.4) is 0 Å². The molecule has 122 valence electrons. The summed E-state index contributed by atoms with van der Waals surface area (Å²) in [5, 5.41) is 1.22. The third-order valence-electron chi connectivity index (χ3n) is 4.80. The van der Waals surface area contributed by atoms with Crippen LogP contribution in [0.1, 0.15) is 28.8 Å². The number of hydrogen-bond acceptors (Lipinski definition) is 5. The molecule has 0 unspecified atom stereocenters. The molecule has 3 heterocycles. The van der Waals surface area contributed by atoms with Crippen LogP contribution in [0, 0.1) is 0 Å². The molecule has 3 nitrogen and oxygen atoms in total. The number of aromatic nitrogens is 1. The van der Waals surface area contributed by atoms with E-state index in [4.69, 9.17) is 0 Å². The molecule has 0 atom stereocenters. The molecule has 5 heteroatoms. The van der Waals surface area contributed by atoms with Gasteiger partial charge in [-0.25, -0.2) is 4.98 Å². The summed E-state index contributed by atoms with van der Waals surface area (Å²) >= 11 is 3.72. The molecule has 0 N–H and O–H groups in total. The predicted molar refractivity (Wildman–Crippen MR) is 99.6 cm³/mol. The predicted octanol–water partition coefficient (Wildman–Crippen LogP) is 4.02. The number of anilines is 1. The van der Waals surface area contributed by atoms with Gasteiger partial charge in [0.05, 0.1) is 0 Å². The normalized spacial score (nSPS) is 18.4. The maximum Gasteiger partial charge on any atom is 0.185 e. The summed E-state index contributed by atoms with van der Waals surface area (Å²) in [4.78, 5) is 12.4. The number of thiazole rings is 1. The maximum atomic E-state index is 4.65. The van der Waals surface area contributed by atoms with Crippen LogP contribution in [-0.2, 0) is 19.5 Å². The fourth-order valence-electron chi connectivity index (χ4n) is 3.50. The standard InChI is InChI=1S/C18H23N3S2/c1-22-16-5-4-15-12-20(9-6-14(15)10-16)13-17-11-19-18(23-17)21-7-2-3-8-21/h4-5,10-11H,2-3,6-9,12-13H2,1H3. The van der Waals surface area contributed by atoms with Crippen LogP contribution in [0.4, 0.5) is 5.13 Å². The first kappa shape index (κ1) is 15.5. The van der Waals surface area contributed by atoms with Crippen molar-refractivity contribution in [3.8, 4) is 0 Å². The largest absolute Gasteiger partial charge is 0.348 e. The lowest BCUT2D eigenvalue weighted by molar-refractivity contribution is 0.247. The Balaban J connectivity index is 1.41. The van der Waals surface area contributed by atoms with E-state index in [2.05, 4.69) is 45.4 Å². The van der Waals surface area contributed by atoms with Crippen molar-refractivity contribution in [2.45, 2.75) is 37.2 Å². The van der Waals surface area contributed by atoms with Gasteiger partial charge in [0.15, 0.2) is 5.13 Å². The van der Waals surface area contributed by atoms with E-state index in [0.29, 0.717) is 0 Å². The second kappa shape index (κ2) is 6.83. The van der Waals surface area contributed by atoms with Gasteiger partial charge < -0.3 is 4.90 Å². The first-order chi connectivity index (χ1) is 11.3. The number of hydrogen-bond donors (Lipinski definition) is 0. The Morgan fingerprint density at radius 2 is 2.04 bits per heavy atom. The zero-order chi connectivity index (χ0) is 15.6. The topological polar surface area (TPSA) is 19.4 Å². The van der Waals surface area contributed by atoms with E-state index in [1.807, 2.05) is 23.1 Å². The fraction of sp³-hybridized carbons (Fsp3) is 0.500. The number of thioether (sulfide) groups is 1. The minimum Gasteiger partial charge on any atom is -0.348 e. The van der Waals surface area contributed by atoms with Crippen molar-refractivity contribution < 1.29 is 0 Å². The molecule has 0 aliphatic carbocycles. The summed E-state index contributed by atoms with van der Waals surface area (Å²) in [5.41, 5.74) is 3.04. The van der Waals surface area contributed by atoms with Crippen molar-refractivity contribution in [2.75, 3.05) is 30.8 Å². The smallest absolute Gasteiger partial charge is 0.185 e. The molecule has 1 fully saturated rings. The van der Waals surface area contributed by atoms with E-state index in [1.165, 1.54) is 58.4 Å². The zero-order valence-corrected chi connectivity index (χ0v) is 15.3. The Hall–Kier alpha value is -1.04. The van der Waals surface area contributed by atoms with E-state index >= 15 is 0 Å². The Morgan fingerprint density at radius 1 is 1.17 bits per heavy atom. The fourth-order valence-corrected chi connectivity index (χ4v) is 4.96. The molecule has 0 spiro atoms. The van der Waals surface area contributed by atoms with Gasteiger partial charge in [0.1, 0.15) is 0 Å². The van der Waals surface area contributed by atoms with Crippen LogP contribution in [0.5, 0.6) is 0 Å². The molecule has 1 aromatic heterocycles. The Bertz CT molecular complexity index is 677. The van der Waals surface area contributed by atoms with E-state index in [-0.39, 0.29) is 0 Å². The van der Waals surface area contributed by atoms with Gasteiger partial charge in [-0.1, -0.05) is 6.07 Å². The molecule has 0 saturated carbocycles. The Kier molecular flexibility index (Phi) is 4.60. The second-order valence-corrected chi connectivity index (χ2v) is 8.37. The highest BCUT2D eigenvalue weighted by atomic mass is 32.2. The van der Waals surface area contributed by atoms with E-state index < -0.39 is 0 Å². The average molecular weight is 346 g/mol. The van der Waals surface area contributed by atoms with Gasteiger partial charge in [0.2, 0.25) is 0 Å². The minimum atomic E-state index is 1.04. The van der Waals surface area contributed by atoms with Gasteiger partial charge in [-0.15, -0.1) is 23.1 Å². The van der Waals surface area contributed by atoms with Gasteiger partial charge in [-0.05, 0) is 48.8 Å². The highest BCUT2D eigenvalue weighted by Crippen LogP contribution is 2.29. The zero-order valence-electron chi connectivity index (χ0n) is 13.6. The molecule has 23 heavy (non-hydrogen) atoms. The van der Waals surface area contributed by atoms with Crippen LogP contribution in [0.2, 0.25) is 0 Å². The highest BCUT2D eigenvalue weighted by molar-refractivity contribution is 7.98. The molecule has 1 saturated heterocycles. The maximum absolute atomic E-state index is 4.65. The molecule has 2 aromatic rings. The number of fused-ring (bicyclic) bond motifs is 1. The number of nitrogens with zero attached hydrogens (tertiary/aromatic N) is 3. The minimum absolute atomic E-state index is 1.04. The molecule has 0 amide bonds. The molecule has 4 rings (SSSR count). The average Bonchev–Trinajstić information content (AvgIpc) is 3.25. The first-order valence-electron chi connectivity index (χ1n) is 8.39. The van der Waals surface area contributed by atoms with Gasteiger partial charge in [-0.2, -0.15) is 0 Å². The Labute approximate surface area is 146 Å². The second-order valence-electron chi connectivity index (χ2n) is 6.40. The third-order valence-corrected chi connectivity index (χ3v) is 6.57. The van der Waals surface area contributed by atoms with Crippen molar-refractivity contribution in [1.29, 1.82) is 0 Å². The van der Waals surface area contributed by atoms with Crippen LogP contribution >= 0.6 is 23.1 Å². The first-order valence-corrected chi connectivity index (χ1v) is 10.4. The van der Waals surface area contributed by atoms with Gasteiger partial charge in [-0.3, -0.25) is 4.90 Å². The lowest BCUT2D eigenvalue weighted by Gasteiger charge is -2.28. The van der Waals surface area contributed by atoms with Crippen molar-refractivity contribution in [3.05, 3.63) is 40.4 Å². The summed E-state index contributed by atoms with van der Waals surface area (Å²) < 4.78 is 0. The van der Waals surface area contributed by atoms with Crippen molar-refractivity contribution in [1.82, 2.24) is 9.88 Å². The van der Waals surface area contributed by atoms with Gasteiger partial charge >= 0.3 is 0 Å². The monoisotopic (exact) mass is 345 g/mol. The van der Waals surface area contributed by atoms with Crippen LogP contribution < -0.4 is 4.90 Å². The number of benzene rings is 1. The molecule has 0 bridgehead atoms. The van der Waals surface area contributed by atoms with Crippen LogP contribution in [0.15, 0.2) is 29.3 Å². The summed E-state index contributed by atoms with van der Waals surface area (Å²) in [6.45, 7) is 5.63. The molecule has 0 radical (unpaired) electrons. The lowest BCUT2D eigenvalue weighted by Crippen LogP contribution is -2.29. The number of rotatable bonds is 4. The quantitative estimate of drug-likeness (QED) is 0.779. The molecule has 1 aromatic carbocycles. The summed E-state index contributed by atoms with van der Waals surface area (Å²) in [7, 11) is 0. The van der Waals surface area contributed by atoms with Crippen LogP contribution in [-0.4, -0.2) is 35.8 Å². The molecule has 2 aliphatic rings. The van der Waals surface area contributed by atoms with Crippen molar-refractivity contribution >= 4 is 28.2 Å². The lowest BCUT2D eigenvalue weighted by atomic mass is 10.00. The van der Waals surface area contributed by atoms with E-state index in [9.17, 15) is 0 Å². The Morgan fingerprint density at radius 3 is 2.87 bits per heavy atom.